The number of pyridine rings is 1. The van der Waals surface area contributed by atoms with Gasteiger partial charge >= 0.3 is 0 Å². The van der Waals surface area contributed by atoms with Gasteiger partial charge in [-0.15, -0.1) is 0 Å². The molecule has 1 aromatic heterocycles. The third kappa shape index (κ3) is 6.70. The van der Waals surface area contributed by atoms with Crippen molar-refractivity contribution in [3.63, 3.8) is 0 Å². The van der Waals surface area contributed by atoms with Gasteiger partial charge in [-0.25, -0.2) is 18.2 Å². The molecule has 2 N–H and O–H groups in total. The van der Waals surface area contributed by atoms with Crippen molar-refractivity contribution in [1.29, 1.82) is 0 Å². The lowest BCUT2D eigenvalue weighted by Gasteiger charge is -2.39. The van der Waals surface area contributed by atoms with E-state index in [0.29, 0.717) is 18.7 Å². The molecule has 12 heteroatoms. The fraction of sp³-hybridized carbons (Fsp3) is 0.520. The van der Waals surface area contributed by atoms with Gasteiger partial charge in [0.15, 0.2) is 0 Å². The van der Waals surface area contributed by atoms with Crippen LogP contribution in [0.25, 0.3) is 0 Å². The van der Waals surface area contributed by atoms with Gasteiger partial charge in [0.2, 0.25) is 0 Å². The van der Waals surface area contributed by atoms with E-state index in [1.54, 1.807) is 23.1 Å². The number of nitro groups is 1. The zero-order valence-corrected chi connectivity index (χ0v) is 20.9. The van der Waals surface area contributed by atoms with Crippen LogP contribution in [-0.4, -0.2) is 53.6 Å². The highest BCUT2D eigenvalue weighted by Gasteiger charge is 2.42. The first-order valence-corrected chi connectivity index (χ1v) is 12.7. The Hall–Kier alpha value is -2.92. The molecule has 200 valence electrons. The molecule has 0 saturated carbocycles. The van der Waals surface area contributed by atoms with Crippen LogP contribution in [0.15, 0.2) is 36.4 Å². The number of carbonyl (C=O) groups is 1. The minimum absolute atomic E-state index is 0.131. The number of piperidine rings is 2. The van der Waals surface area contributed by atoms with E-state index < -0.39 is 28.3 Å². The second kappa shape index (κ2) is 11.2. The second-order valence-corrected chi connectivity index (χ2v) is 10.1. The molecule has 2 saturated heterocycles. The number of non-ortho nitro benzene ring substituents is 1. The number of alkyl halides is 3. The third-order valence-corrected chi connectivity index (χ3v) is 7.40. The number of rotatable bonds is 8. The van der Waals surface area contributed by atoms with E-state index in [0.717, 1.165) is 0 Å². The molecule has 0 bridgehead atoms. The zero-order chi connectivity index (χ0) is 26.6. The SMILES string of the molecule is O=C(Nc1cccc(Cl)n1)c1ccc([N+](=O)[O-])cc1N1CCC(F)(CCCC2CNCCC2(F)F)CC1. The van der Waals surface area contributed by atoms with Crippen LogP contribution in [0.4, 0.5) is 30.4 Å². The summed E-state index contributed by atoms with van der Waals surface area (Å²) in [5.74, 6) is -3.82. The number of aromatic nitrogens is 1. The van der Waals surface area contributed by atoms with Crippen molar-refractivity contribution in [1.82, 2.24) is 10.3 Å². The van der Waals surface area contributed by atoms with E-state index in [4.69, 9.17) is 11.6 Å². The Morgan fingerprint density at radius 1 is 1.22 bits per heavy atom. The molecule has 0 spiro atoms. The van der Waals surface area contributed by atoms with Gasteiger partial charge in [-0.05, 0) is 50.3 Å². The van der Waals surface area contributed by atoms with Gasteiger partial charge in [0.25, 0.3) is 17.5 Å². The van der Waals surface area contributed by atoms with Crippen LogP contribution in [0.3, 0.4) is 0 Å². The molecule has 1 atom stereocenters. The van der Waals surface area contributed by atoms with Gasteiger partial charge in [-0.1, -0.05) is 17.7 Å². The van der Waals surface area contributed by atoms with Crippen LogP contribution in [0, 0.1) is 16.0 Å². The fourth-order valence-electron chi connectivity index (χ4n) is 5.01. The summed E-state index contributed by atoms with van der Waals surface area (Å²) in [6, 6.07) is 8.66. The highest BCUT2D eigenvalue weighted by atomic mass is 35.5. The monoisotopic (exact) mass is 539 g/mol. The summed E-state index contributed by atoms with van der Waals surface area (Å²) >= 11 is 5.88. The number of anilines is 2. The molecular weight excluding hydrogens is 511 g/mol. The Morgan fingerprint density at radius 2 is 1.97 bits per heavy atom. The Balaban J connectivity index is 1.42. The normalized spacial score (nSPS) is 20.9. The van der Waals surface area contributed by atoms with E-state index in [1.165, 1.54) is 18.2 Å². The highest BCUT2D eigenvalue weighted by molar-refractivity contribution is 6.29. The van der Waals surface area contributed by atoms with Gasteiger partial charge in [0, 0.05) is 50.7 Å². The highest BCUT2D eigenvalue weighted by Crippen LogP contribution is 2.38. The molecule has 0 radical (unpaired) electrons. The minimum atomic E-state index is -2.72. The lowest BCUT2D eigenvalue weighted by Crippen LogP contribution is -2.45. The van der Waals surface area contributed by atoms with E-state index in [-0.39, 0.29) is 74.0 Å². The van der Waals surface area contributed by atoms with Crippen LogP contribution >= 0.6 is 11.6 Å². The Bertz CT molecular complexity index is 1140. The van der Waals surface area contributed by atoms with Crippen LogP contribution < -0.4 is 15.5 Å². The molecule has 3 heterocycles. The summed E-state index contributed by atoms with van der Waals surface area (Å²) in [6.45, 7) is 0.991. The predicted octanol–water partition coefficient (Wildman–Crippen LogP) is 5.62. The third-order valence-electron chi connectivity index (χ3n) is 7.19. The zero-order valence-electron chi connectivity index (χ0n) is 20.2. The van der Waals surface area contributed by atoms with E-state index in [9.17, 15) is 23.7 Å². The molecule has 4 rings (SSSR count). The summed E-state index contributed by atoms with van der Waals surface area (Å²) in [5, 5.41) is 17.2. The molecule has 2 fully saturated rings. The Labute approximate surface area is 217 Å². The largest absolute Gasteiger partial charge is 0.370 e. The van der Waals surface area contributed by atoms with Crippen molar-refractivity contribution in [2.24, 2.45) is 5.92 Å². The number of amides is 1. The van der Waals surface area contributed by atoms with Crippen molar-refractivity contribution >= 4 is 34.7 Å². The van der Waals surface area contributed by atoms with Gasteiger partial charge in [0.1, 0.15) is 16.6 Å². The summed E-state index contributed by atoms with van der Waals surface area (Å²) in [5.41, 5.74) is -1.19. The summed E-state index contributed by atoms with van der Waals surface area (Å²) in [4.78, 5) is 29.6. The number of halogens is 4. The number of nitrogens with one attached hydrogen (secondary N) is 2. The topological polar surface area (TPSA) is 100 Å². The lowest BCUT2D eigenvalue weighted by atomic mass is 9.84. The molecule has 2 aliphatic heterocycles. The van der Waals surface area contributed by atoms with Crippen LogP contribution in [-0.2, 0) is 0 Å². The van der Waals surface area contributed by atoms with Gasteiger partial charge in [-0.2, -0.15) is 0 Å². The fourth-order valence-corrected chi connectivity index (χ4v) is 5.17. The summed E-state index contributed by atoms with van der Waals surface area (Å²) < 4.78 is 43.7. The summed E-state index contributed by atoms with van der Waals surface area (Å²) in [7, 11) is 0. The van der Waals surface area contributed by atoms with Crippen LogP contribution in [0.5, 0.6) is 0 Å². The number of hydrogen-bond donors (Lipinski definition) is 2. The van der Waals surface area contributed by atoms with Gasteiger partial charge in [0.05, 0.1) is 16.2 Å². The minimum Gasteiger partial charge on any atom is -0.370 e. The molecule has 0 aliphatic carbocycles. The Morgan fingerprint density at radius 3 is 2.65 bits per heavy atom. The van der Waals surface area contributed by atoms with E-state index >= 15 is 4.39 Å². The first-order chi connectivity index (χ1) is 17.6. The molecule has 8 nitrogen and oxygen atoms in total. The summed E-state index contributed by atoms with van der Waals surface area (Å²) in [6.07, 6.45) is 0.853. The maximum atomic E-state index is 15.6. The number of nitro benzene ring substituents is 1. The molecule has 37 heavy (non-hydrogen) atoms. The van der Waals surface area contributed by atoms with Crippen molar-refractivity contribution in [2.45, 2.75) is 50.1 Å². The molecule has 1 aromatic carbocycles. The first-order valence-electron chi connectivity index (χ1n) is 12.3. The predicted molar refractivity (Wildman–Crippen MR) is 135 cm³/mol. The second-order valence-electron chi connectivity index (χ2n) is 9.70. The van der Waals surface area contributed by atoms with Gasteiger partial charge in [-0.3, -0.25) is 14.9 Å². The number of nitrogens with zero attached hydrogens (tertiary/aromatic N) is 3. The smallest absolute Gasteiger partial charge is 0.271 e. The average molecular weight is 540 g/mol. The number of carbonyl (C=O) groups excluding carboxylic acids is 1. The molecule has 1 amide bonds. The first kappa shape index (κ1) is 27.1. The van der Waals surface area contributed by atoms with E-state index in [2.05, 4.69) is 15.6 Å². The molecule has 2 aliphatic rings. The maximum Gasteiger partial charge on any atom is 0.271 e. The van der Waals surface area contributed by atoms with E-state index in [1.807, 2.05) is 0 Å². The van der Waals surface area contributed by atoms with Crippen LogP contribution in [0.1, 0.15) is 48.9 Å². The Kier molecular flexibility index (Phi) is 8.23. The average Bonchev–Trinajstić information content (AvgIpc) is 2.85. The molecule has 1 unspecified atom stereocenters. The quantitative estimate of drug-likeness (QED) is 0.256. The van der Waals surface area contributed by atoms with Crippen molar-refractivity contribution in [2.75, 3.05) is 36.4 Å². The molecular formula is C25H29ClF3N5O3. The van der Waals surface area contributed by atoms with Crippen molar-refractivity contribution in [3.8, 4) is 0 Å². The standard InChI is InChI=1S/C25H29ClF3N5O3/c26-21-4-1-5-22(31-21)32-23(35)19-7-6-18(34(36)37)15-20(19)33-13-10-24(27,11-14-33)8-2-3-17-16-30-12-9-25(17,28)29/h1,4-7,15,17,30H,2-3,8-14,16H2,(H,31,32,35). The van der Waals surface area contributed by atoms with Crippen molar-refractivity contribution in [3.05, 3.63) is 57.2 Å². The van der Waals surface area contributed by atoms with Gasteiger partial charge < -0.3 is 15.5 Å². The molecule has 2 aromatic rings. The lowest BCUT2D eigenvalue weighted by molar-refractivity contribution is -0.384. The van der Waals surface area contributed by atoms with Crippen molar-refractivity contribution < 1.29 is 22.9 Å². The number of benzene rings is 1. The number of hydrogen-bond acceptors (Lipinski definition) is 6. The van der Waals surface area contributed by atoms with Crippen LogP contribution in [0.2, 0.25) is 5.15 Å². The maximum absolute atomic E-state index is 15.6.